The molecular weight excluding hydrogens is 276 g/mol. The van der Waals surface area contributed by atoms with Crippen molar-refractivity contribution >= 4 is 5.69 Å². The molecule has 122 valence electrons. The molecule has 0 bridgehead atoms. The maximum absolute atomic E-state index is 5.93. The standard InChI is InChI=1S/C17H28N4O/c1-2-22-17-13-15(14-20-9-5-18-6-10-20)3-4-16(17)21-11-7-19-8-12-21/h3-4,13,18-19H,2,5-12,14H2,1H3. The molecule has 2 fully saturated rings. The molecule has 0 aliphatic carbocycles. The zero-order valence-electron chi connectivity index (χ0n) is 13.6. The highest BCUT2D eigenvalue weighted by atomic mass is 16.5. The minimum Gasteiger partial charge on any atom is -0.492 e. The van der Waals surface area contributed by atoms with E-state index in [9.17, 15) is 0 Å². The first-order valence-corrected chi connectivity index (χ1v) is 8.51. The first-order chi connectivity index (χ1) is 10.9. The fourth-order valence-corrected chi connectivity index (χ4v) is 3.22. The second-order valence-corrected chi connectivity index (χ2v) is 6.00. The Kier molecular flexibility index (Phi) is 5.53. The van der Waals surface area contributed by atoms with Gasteiger partial charge in [0.2, 0.25) is 0 Å². The van der Waals surface area contributed by atoms with E-state index in [4.69, 9.17) is 4.74 Å². The van der Waals surface area contributed by atoms with Gasteiger partial charge in [-0.05, 0) is 24.6 Å². The lowest BCUT2D eigenvalue weighted by atomic mass is 10.1. The molecule has 0 atom stereocenters. The molecule has 1 aromatic carbocycles. The van der Waals surface area contributed by atoms with E-state index in [2.05, 4.69) is 45.6 Å². The van der Waals surface area contributed by atoms with E-state index in [1.165, 1.54) is 11.3 Å². The predicted molar refractivity (Wildman–Crippen MR) is 90.8 cm³/mol. The van der Waals surface area contributed by atoms with Crippen molar-refractivity contribution in [1.82, 2.24) is 15.5 Å². The first kappa shape index (κ1) is 15.6. The Labute approximate surface area is 133 Å². The Morgan fingerprint density at radius 1 is 1.00 bits per heavy atom. The summed E-state index contributed by atoms with van der Waals surface area (Å²) in [6, 6.07) is 6.75. The van der Waals surface area contributed by atoms with Crippen LogP contribution >= 0.6 is 0 Å². The van der Waals surface area contributed by atoms with Crippen LogP contribution in [-0.2, 0) is 6.54 Å². The highest BCUT2D eigenvalue weighted by Gasteiger charge is 2.16. The maximum Gasteiger partial charge on any atom is 0.142 e. The monoisotopic (exact) mass is 304 g/mol. The quantitative estimate of drug-likeness (QED) is 0.846. The normalized spacial score (nSPS) is 20.1. The Morgan fingerprint density at radius 3 is 2.36 bits per heavy atom. The summed E-state index contributed by atoms with van der Waals surface area (Å²) in [5.41, 5.74) is 2.59. The topological polar surface area (TPSA) is 39.8 Å². The fraction of sp³-hybridized carbons (Fsp3) is 0.647. The van der Waals surface area contributed by atoms with Crippen molar-refractivity contribution in [1.29, 1.82) is 0 Å². The van der Waals surface area contributed by atoms with Gasteiger partial charge in [-0.1, -0.05) is 6.07 Å². The number of anilines is 1. The molecule has 5 nitrogen and oxygen atoms in total. The molecule has 2 saturated heterocycles. The lowest BCUT2D eigenvalue weighted by molar-refractivity contribution is 0.233. The molecule has 22 heavy (non-hydrogen) atoms. The molecule has 0 amide bonds. The van der Waals surface area contributed by atoms with Crippen LogP contribution in [0.4, 0.5) is 5.69 Å². The fourth-order valence-electron chi connectivity index (χ4n) is 3.22. The molecule has 2 aliphatic rings. The second-order valence-electron chi connectivity index (χ2n) is 6.00. The van der Waals surface area contributed by atoms with Crippen molar-refractivity contribution < 1.29 is 4.74 Å². The molecular formula is C17H28N4O. The number of hydrogen-bond donors (Lipinski definition) is 2. The minimum atomic E-state index is 0.718. The van der Waals surface area contributed by atoms with Crippen molar-refractivity contribution in [3.05, 3.63) is 23.8 Å². The summed E-state index contributed by atoms with van der Waals surface area (Å²) in [6.45, 7) is 12.4. The lowest BCUT2D eigenvalue weighted by Gasteiger charge is -2.31. The summed E-state index contributed by atoms with van der Waals surface area (Å²) in [5, 5.41) is 6.81. The molecule has 0 spiro atoms. The van der Waals surface area contributed by atoms with E-state index >= 15 is 0 Å². The van der Waals surface area contributed by atoms with E-state index < -0.39 is 0 Å². The van der Waals surface area contributed by atoms with E-state index in [0.29, 0.717) is 0 Å². The molecule has 0 unspecified atom stereocenters. The van der Waals surface area contributed by atoms with Crippen LogP contribution in [0, 0.1) is 0 Å². The molecule has 1 aromatic rings. The van der Waals surface area contributed by atoms with Gasteiger partial charge in [-0.3, -0.25) is 4.90 Å². The van der Waals surface area contributed by atoms with Crippen LogP contribution in [0.2, 0.25) is 0 Å². The van der Waals surface area contributed by atoms with Crippen LogP contribution in [0.15, 0.2) is 18.2 Å². The number of nitrogens with one attached hydrogen (secondary N) is 2. The van der Waals surface area contributed by atoms with Gasteiger partial charge in [-0.2, -0.15) is 0 Å². The van der Waals surface area contributed by atoms with E-state index in [1.807, 2.05) is 0 Å². The summed E-state index contributed by atoms with van der Waals surface area (Å²) >= 11 is 0. The number of ether oxygens (including phenoxy) is 1. The van der Waals surface area contributed by atoms with Crippen LogP contribution in [-0.4, -0.2) is 63.9 Å². The van der Waals surface area contributed by atoms with Gasteiger partial charge in [0.25, 0.3) is 0 Å². The number of hydrogen-bond acceptors (Lipinski definition) is 5. The Morgan fingerprint density at radius 2 is 1.68 bits per heavy atom. The molecule has 0 aromatic heterocycles. The zero-order valence-corrected chi connectivity index (χ0v) is 13.6. The van der Waals surface area contributed by atoms with Crippen LogP contribution < -0.4 is 20.3 Å². The molecule has 5 heteroatoms. The van der Waals surface area contributed by atoms with Gasteiger partial charge in [0.05, 0.1) is 12.3 Å². The number of benzene rings is 1. The van der Waals surface area contributed by atoms with E-state index in [-0.39, 0.29) is 0 Å². The number of piperazine rings is 2. The molecule has 0 radical (unpaired) electrons. The largest absolute Gasteiger partial charge is 0.492 e. The van der Waals surface area contributed by atoms with Gasteiger partial charge < -0.3 is 20.3 Å². The van der Waals surface area contributed by atoms with E-state index in [0.717, 1.165) is 71.3 Å². The highest BCUT2D eigenvalue weighted by molar-refractivity contribution is 5.60. The van der Waals surface area contributed by atoms with Crippen LogP contribution in [0.1, 0.15) is 12.5 Å². The van der Waals surface area contributed by atoms with Gasteiger partial charge in [0.1, 0.15) is 5.75 Å². The van der Waals surface area contributed by atoms with Crippen molar-refractivity contribution in [2.45, 2.75) is 13.5 Å². The van der Waals surface area contributed by atoms with Crippen molar-refractivity contribution in [2.75, 3.05) is 63.9 Å². The van der Waals surface area contributed by atoms with Crippen LogP contribution in [0.25, 0.3) is 0 Å². The maximum atomic E-state index is 5.93. The van der Waals surface area contributed by atoms with Gasteiger partial charge in [0.15, 0.2) is 0 Å². The van der Waals surface area contributed by atoms with E-state index in [1.54, 1.807) is 0 Å². The third-order valence-corrected chi connectivity index (χ3v) is 4.40. The van der Waals surface area contributed by atoms with Gasteiger partial charge >= 0.3 is 0 Å². The Hall–Kier alpha value is -1.30. The van der Waals surface area contributed by atoms with Gasteiger partial charge in [0, 0.05) is 58.9 Å². The van der Waals surface area contributed by atoms with Crippen molar-refractivity contribution in [3.63, 3.8) is 0 Å². The number of nitrogens with zero attached hydrogens (tertiary/aromatic N) is 2. The van der Waals surface area contributed by atoms with Gasteiger partial charge in [-0.25, -0.2) is 0 Å². The SMILES string of the molecule is CCOc1cc(CN2CCNCC2)ccc1N1CCNCC1. The highest BCUT2D eigenvalue weighted by Crippen LogP contribution is 2.30. The molecule has 2 heterocycles. The summed E-state index contributed by atoms with van der Waals surface area (Å²) in [4.78, 5) is 4.93. The van der Waals surface area contributed by atoms with Crippen molar-refractivity contribution in [3.8, 4) is 5.75 Å². The van der Waals surface area contributed by atoms with Gasteiger partial charge in [-0.15, -0.1) is 0 Å². The average molecular weight is 304 g/mol. The molecule has 2 N–H and O–H groups in total. The Balaban J connectivity index is 1.73. The van der Waals surface area contributed by atoms with Crippen LogP contribution in [0.3, 0.4) is 0 Å². The number of rotatable bonds is 5. The third-order valence-electron chi connectivity index (χ3n) is 4.40. The minimum absolute atomic E-state index is 0.718. The zero-order chi connectivity index (χ0) is 15.2. The third kappa shape index (κ3) is 3.91. The first-order valence-electron chi connectivity index (χ1n) is 8.51. The van der Waals surface area contributed by atoms with Crippen molar-refractivity contribution in [2.24, 2.45) is 0 Å². The molecule has 0 saturated carbocycles. The Bertz CT molecular complexity index is 468. The predicted octanol–water partition coefficient (Wildman–Crippen LogP) is 0.900. The smallest absolute Gasteiger partial charge is 0.142 e. The average Bonchev–Trinajstić information content (AvgIpc) is 2.57. The van der Waals surface area contributed by atoms with Crippen LogP contribution in [0.5, 0.6) is 5.75 Å². The summed E-state index contributed by atoms with van der Waals surface area (Å²) in [6.07, 6.45) is 0. The summed E-state index contributed by atoms with van der Waals surface area (Å²) < 4.78 is 5.93. The lowest BCUT2D eigenvalue weighted by Crippen LogP contribution is -2.43. The summed E-state index contributed by atoms with van der Waals surface area (Å²) in [7, 11) is 0. The molecule has 2 aliphatic heterocycles. The summed E-state index contributed by atoms with van der Waals surface area (Å²) in [5.74, 6) is 1.04. The molecule has 3 rings (SSSR count). The second kappa shape index (κ2) is 7.81.